The van der Waals surface area contributed by atoms with E-state index in [1.54, 1.807) is 0 Å². The standard InChI is InChI=1S/C28H40N4O2/c1-28(2,19-29)20-32(27(34)23-8-6-5-7-9-23)18-21-10-14-24(15-11-21)30-26(33)22-12-16-25(17-13-22)31(3)4/h10-17,23H,5-9,18-20,29H2,1-4H3,(H,30,33). The molecular weight excluding hydrogens is 424 g/mol. The lowest BCUT2D eigenvalue weighted by atomic mass is 9.87. The normalized spacial score (nSPS) is 14.5. The summed E-state index contributed by atoms with van der Waals surface area (Å²) in [6.45, 7) is 5.94. The first-order valence-corrected chi connectivity index (χ1v) is 12.3. The molecular formula is C28H40N4O2. The molecule has 3 rings (SSSR count). The number of nitrogens with one attached hydrogen (secondary N) is 1. The van der Waals surface area contributed by atoms with E-state index in [4.69, 9.17) is 5.73 Å². The number of rotatable bonds is 9. The van der Waals surface area contributed by atoms with Crippen LogP contribution in [0.15, 0.2) is 48.5 Å². The summed E-state index contributed by atoms with van der Waals surface area (Å²) in [5.74, 6) is 0.233. The molecule has 0 bridgehead atoms. The molecule has 3 N–H and O–H groups in total. The van der Waals surface area contributed by atoms with Crippen LogP contribution in [0.2, 0.25) is 0 Å². The number of anilines is 2. The molecule has 1 saturated carbocycles. The molecule has 2 aromatic carbocycles. The molecule has 2 amide bonds. The van der Waals surface area contributed by atoms with Crippen LogP contribution >= 0.6 is 0 Å². The molecule has 1 fully saturated rings. The fraction of sp³-hybridized carbons (Fsp3) is 0.500. The number of hydrogen-bond donors (Lipinski definition) is 2. The molecule has 6 heteroatoms. The lowest BCUT2D eigenvalue weighted by Crippen LogP contribution is -2.44. The zero-order chi connectivity index (χ0) is 24.7. The summed E-state index contributed by atoms with van der Waals surface area (Å²) in [6.07, 6.45) is 5.47. The highest BCUT2D eigenvalue weighted by Gasteiger charge is 2.29. The Hall–Kier alpha value is -2.86. The molecule has 0 aromatic heterocycles. The van der Waals surface area contributed by atoms with Crippen LogP contribution in [-0.2, 0) is 11.3 Å². The second-order valence-electron chi connectivity index (χ2n) is 10.5. The second kappa shape index (κ2) is 11.5. The number of carbonyl (C=O) groups excluding carboxylic acids is 2. The van der Waals surface area contributed by atoms with Crippen LogP contribution in [-0.4, -0.2) is 43.9 Å². The molecule has 2 aromatic rings. The molecule has 6 nitrogen and oxygen atoms in total. The Labute approximate surface area is 204 Å². The molecule has 184 valence electrons. The van der Waals surface area contributed by atoms with Gasteiger partial charge in [-0.1, -0.05) is 45.2 Å². The van der Waals surface area contributed by atoms with Gasteiger partial charge in [0.2, 0.25) is 5.91 Å². The minimum Gasteiger partial charge on any atom is -0.378 e. The van der Waals surface area contributed by atoms with Crippen LogP contribution in [0.3, 0.4) is 0 Å². The van der Waals surface area contributed by atoms with Crippen molar-refractivity contribution in [3.63, 3.8) is 0 Å². The molecule has 0 spiro atoms. The summed E-state index contributed by atoms with van der Waals surface area (Å²) in [5.41, 5.74) is 9.29. The second-order valence-corrected chi connectivity index (χ2v) is 10.5. The molecule has 0 heterocycles. The highest BCUT2D eigenvalue weighted by molar-refractivity contribution is 6.04. The molecule has 1 aliphatic carbocycles. The number of nitrogens with zero attached hydrogens (tertiary/aromatic N) is 2. The predicted octanol–water partition coefficient (Wildman–Crippen LogP) is 4.90. The smallest absolute Gasteiger partial charge is 0.255 e. The molecule has 1 aliphatic rings. The highest BCUT2D eigenvalue weighted by Crippen LogP contribution is 2.28. The fourth-order valence-electron chi connectivity index (χ4n) is 4.43. The zero-order valence-corrected chi connectivity index (χ0v) is 21.1. The van der Waals surface area contributed by atoms with Gasteiger partial charge in [0.1, 0.15) is 0 Å². The molecule has 0 unspecified atom stereocenters. The Morgan fingerprint density at radius 3 is 2.15 bits per heavy atom. The summed E-state index contributed by atoms with van der Waals surface area (Å²) < 4.78 is 0. The summed E-state index contributed by atoms with van der Waals surface area (Å²) >= 11 is 0. The van der Waals surface area contributed by atoms with Crippen LogP contribution in [0.4, 0.5) is 11.4 Å². The first-order chi connectivity index (χ1) is 16.2. The molecule has 0 radical (unpaired) electrons. The number of carbonyl (C=O) groups is 2. The van der Waals surface area contributed by atoms with Gasteiger partial charge < -0.3 is 20.9 Å². The van der Waals surface area contributed by atoms with E-state index in [1.165, 1.54) is 6.42 Å². The van der Waals surface area contributed by atoms with E-state index in [9.17, 15) is 9.59 Å². The van der Waals surface area contributed by atoms with Crippen molar-refractivity contribution in [1.29, 1.82) is 0 Å². The molecule has 0 atom stereocenters. The van der Waals surface area contributed by atoms with Gasteiger partial charge in [-0.3, -0.25) is 9.59 Å². The van der Waals surface area contributed by atoms with Crippen LogP contribution in [0, 0.1) is 11.3 Å². The predicted molar refractivity (Wildman–Crippen MR) is 140 cm³/mol. The van der Waals surface area contributed by atoms with Crippen molar-refractivity contribution in [1.82, 2.24) is 4.90 Å². The van der Waals surface area contributed by atoms with Gasteiger partial charge in [-0.2, -0.15) is 0 Å². The van der Waals surface area contributed by atoms with E-state index in [1.807, 2.05) is 72.4 Å². The Balaban J connectivity index is 1.66. The number of hydrogen-bond acceptors (Lipinski definition) is 4. The zero-order valence-electron chi connectivity index (χ0n) is 21.1. The topological polar surface area (TPSA) is 78.7 Å². The Morgan fingerprint density at radius 2 is 1.59 bits per heavy atom. The molecule has 0 aliphatic heterocycles. The van der Waals surface area contributed by atoms with Gasteiger partial charge in [-0.25, -0.2) is 0 Å². The number of nitrogens with two attached hydrogens (primary N) is 1. The monoisotopic (exact) mass is 464 g/mol. The third-order valence-electron chi connectivity index (χ3n) is 6.67. The van der Waals surface area contributed by atoms with Gasteiger partial charge in [-0.05, 0) is 66.8 Å². The van der Waals surface area contributed by atoms with Crippen molar-refractivity contribution in [2.75, 3.05) is 37.4 Å². The first-order valence-electron chi connectivity index (χ1n) is 12.3. The lowest BCUT2D eigenvalue weighted by molar-refractivity contribution is -0.138. The van der Waals surface area contributed by atoms with E-state index in [0.717, 1.165) is 42.6 Å². The van der Waals surface area contributed by atoms with Gasteiger partial charge >= 0.3 is 0 Å². The van der Waals surface area contributed by atoms with Crippen molar-refractivity contribution >= 4 is 23.2 Å². The highest BCUT2D eigenvalue weighted by atomic mass is 16.2. The van der Waals surface area contributed by atoms with Crippen molar-refractivity contribution in [2.24, 2.45) is 17.1 Å². The maximum Gasteiger partial charge on any atom is 0.255 e. The van der Waals surface area contributed by atoms with Crippen molar-refractivity contribution in [3.8, 4) is 0 Å². The largest absolute Gasteiger partial charge is 0.378 e. The average Bonchev–Trinajstić information content (AvgIpc) is 2.84. The SMILES string of the molecule is CN(C)c1ccc(C(=O)Nc2ccc(CN(CC(C)(C)CN)C(=O)C3CCCCC3)cc2)cc1. The van der Waals surface area contributed by atoms with Gasteiger partial charge in [0, 0.05) is 50.0 Å². The van der Waals surface area contributed by atoms with Gasteiger partial charge in [0.05, 0.1) is 0 Å². The van der Waals surface area contributed by atoms with Crippen molar-refractivity contribution < 1.29 is 9.59 Å². The molecule has 34 heavy (non-hydrogen) atoms. The summed E-state index contributed by atoms with van der Waals surface area (Å²) in [6, 6.07) is 15.3. The maximum absolute atomic E-state index is 13.4. The molecule has 0 saturated heterocycles. The van der Waals surface area contributed by atoms with Crippen LogP contribution in [0.5, 0.6) is 0 Å². The van der Waals surface area contributed by atoms with Crippen LogP contribution < -0.4 is 16.0 Å². The van der Waals surface area contributed by atoms with Crippen LogP contribution in [0.25, 0.3) is 0 Å². The quantitative estimate of drug-likeness (QED) is 0.553. The first kappa shape index (κ1) is 25.8. The summed E-state index contributed by atoms with van der Waals surface area (Å²) in [7, 11) is 3.94. The fourth-order valence-corrected chi connectivity index (χ4v) is 4.43. The average molecular weight is 465 g/mol. The third-order valence-corrected chi connectivity index (χ3v) is 6.67. The lowest BCUT2D eigenvalue weighted by Gasteiger charge is -2.35. The van der Waals surface area contributed by atoms with Crippen molar-refractivity contribution in [2.45, 2.75) is 52.5 Å². The van der Waals surface area contributed by atoms with Gasteiger partial charge in [0.15, 0.2) is 0 Å². The minimum atomic E-state index is -0.142. The number of benzene rings is 2. The maximum atomic E-state index is 13.4. The van der Waals surface area contributed by atoms with Gasteiger partial charge in [-0.15, -0.1) is 0 Å². The van der Waals surface area contributed by atoms with Gasteiger partial charge in [0.25, 0.3) is 5.91 Å². The van der Waals surface area contributed by atoms with E-state index in [0.29, 0.717) is 25.2 Å². The van der Waals surface area contributed by atoms with E-state index < -0.39 is 0 Å². The number of amides is 2. The van der Waals surface area contributed by atoms with E-state index in [2.05, 4.69) is 19.2 Å². The third kappa shape index (κ3) is 7.07. The Kier molecular flexibility index (Phi) is 8.72. The summed E-state index contributed by atoms with van der Waals surface area (Å²) in [4.78, 5) is 30.0. The van der Waals surface area contributed by atoms with E-state index >= 15 is 0 Å². The van der Waals surface area contributed by atoms with Crippen LogP contribution in [0.1, 0.15) is 61.9 Å². The summed E-state index contributed by atoms with van der Waals surface area (Å²) in [5, 5.41) is 2.96. The van der Waals surface area contributed by atoms with E-state index in [-0.39, 0.29) is 23.1 Å². The minimum absolute atomic E-state index is 0.125. The van der Waals surface area contributed by atoms with Crippen molar-refractivity contribution in [3.05, 3.63) is 59.7 Å². The Bertz CT molecular complexity index is 945. The Morgan fingerprint density at radius 1 is 0.971 bits per heavy atom.